The van der Waals surface area contributed by atoms with Crippen LogP contribution in [0.1, 0.15) is 19.3 Å². The summed E-state index contributed by atoms with van der Waals surface area (Å²) in [6, 6.07) is -0.951. The van der Waals surface area contributed by atoms with Crippen molar-refractivity contribution >= 4 is 19.5 Å². The molecule has 8 heteroatoms. The molecule has 1 amide bonds. The van der Waals surface area contributed by atoms with Crippen LogP contribution in [0.3, 0.4) is 0 Å². The second kappa shape index (κ2) is 4.95. The van der Waals surface area contributed by atoms with E-state index in [4.69, 9.17) is 14.9 Å². The number of carbonyl (C=O) groups is 2. The molecule has 0 spiro atoms. The summed E-state index contributed by atoms with van der Waals surface area (Å²) in [5.74, 6) is -1.92. The number of aliphatic carboxylic acids is 1. The molecule has 92 valence electrons. The minimum Gasteiger partial charge on any atom is -0.480 e. The van der Waals surface area contributed by atoms with Gasteiger partial charge in [-0.3, -0.25) is 9.36 Å². The fraction of sp³-hybridized carbons (Fsp3) is 0.750. The number of carboxylic acid groups (broad SMARTS) is 1. The van der Waals surface area contributed by atoms with Crippen LogP contribution >= 0.6 is 7.60 Å². The first-order valence-corrected chi connectivity index (χ1v) is 6.68. The van der Waals surface area contributed by atoms with Gasteiger partial charge in [0, 0.05) is 6.54 Å². The van der Waals surface area contributed by atoms with Crippen LogP contribution in [0.15, 0.2) is 0 Å². The summed E-state index contributed by atoms with van der Waals surface area (Å²) in [6.07, 6.45) is 0.784. The van der Waals surface area contributed by atoms with Crippen molar-refractivity contribution in [3.05, 3.63) is 0 Å². The van der Waals surface area contributed by atoms with Gasteiger partial charge in [0.05, 0.1) is 0 Å². The Kier molecular flexibility index (Phi) is 4.07. The van der Waals surface area contributed by atoms with E-state index < -0.39 is 31.7 Å². The maximum atomic E-state index is 11.5. The Morgan fingerprint density at radius 1 is 1.31 bits per heavy atom. The fourth-order valence-corrected chi connectivity index (χ4v) is 2.29. The summed E-state index contributed by atoms with van der Waals surface area (Å²) < 4.78 is 10.7. The van der Waals surface area contributed by atoms with Crippen molar-refractivity contribution in [1.82, 2.24) is 4.90 Å². The predicted octanol–water partition coefficient (Wildman–Crippen LogP) is -0.370. The van der Waals surface area contributed by atoms with Gasteiger partial charge in [-0.2, -0.15) is 0 Å². The molecule has 3 N–H and O–H groups in total. The number of hydrogen-bond donors (Lipinski definition) is 3. The molecule has 0 aromatic heterocycles. The molecule has 0 radical (unpaired) electrons. The van der Waals surface area contributed by atoms with Crippen LogP contribution in [0.2, 0.25) is 0 Å². The van der Waals surface area contributed by atoms with E-state index in [-0.39, 0.29) is 6.54 Å². The number of rotatable bonds is 3. The van der Waals surface area contributed by atoms with Crippen molar-refractivity contribution in [3.8, 4) is 0 Å². The lowest BCUT2D eigenvalue weighted by atomic mass is 10.0. The zero-order valence-corrected chi connectivity index (χ0v) is 9.47. The minimum atomic E-state index is -4.43. The van der Waals surface area contributed by atoms with Gasteiger partial charge in [-0.1, -0.05) is 0 Å². The van der Waals surface area contributed by atoms with Crippen molar-refractivity contribution in [2.45, 2.75) is 25.3 Å². The third-order valence-electron chi connectivity index (χ3n) is 2.45. The maximum absolute atomic E-state index is 11.5. The smallest absolute Gasteiger partial charge is 0.334 e. The third-order valence-corrected chi connectivity index (χ3v) is 3.13. The normalized spacial score (nSPS) is 21.9. The first-order chi connectivity index (χ1) is 7.31. The first kappa shape index (κ1) is 13.2. The van der Waals surface area contributed by atoms with Gasteiger partial charge < -0.3 is 19.8 Å². The van der Waals surface area contributed by atoms with E-state index >= 15 is 0 Å². The third kappa shape index (κ3) is 3.59. The van der Waals surface area contributed by atoms with E-state index in [1.54, 1.807) is 0 Å². The number of nitrogens with zero attached hydrogens (tertiary/aromatic N) is 1. The molecule has 16 heavy (non-hydrogen) atoms. The van der Waals surface area contributed by atoms with Crippen molar-refractivity contribution in [2.24, 2.45) is 0 Å². The Labute approximate surface area is 92.2 Å². The lowest BCUT2D eigenvalue weighted by Gasteiger charge is -2.32. The molecule has 1 heterocycles. The molecule has 1 aliphatic heterocycles. The Morgan fingerprint density at radius 2 is 1.94 bits per heavy atom. The molecule has 0 aromatic carbocycles. The Balaban J connectivity index is 2.72. The predicted molar refractivity (Wildman–Crippen MR) is 53.9 cm³/mol. The van der Waals surface area contributed by atoms with Gasteiger partial charge in [0.15, 0.2) is 0 Å². The maximum Gasteiger partial charge on any atom is 0.334 e. The molecular weight excluding hydrogens is 237 g/mol. The van der Waals surface area contributed by atoms with E-state index in [1.165, 1.54) is 0 Å². The van der Waals surface area contributed by atoms with Crippen LogP contribution < -0.4 is 0 Å². The second-order valence-corrected chi connectivity index (χ2v) is 5.41. The molecule has 0 bridgehead atoms. The molecule has 1 saturated heterocycles. The monoisotopic (exact) mass is 251 g/mol. The average molecular weight is 251 g/mol. The van der Waals surface area contributed by atoms with Crippen LogP contribution in [-0.4, -0.2) is 50.4 Å². The standard InChI is InChI=1S/C8H14NO6P/c10-7(5-16(13,14)15)9-4-2-1-3-6(9)8(11)12/h6H,1-5H2,(H,11,12)(H2,13,14,15)/t6-/m0/s1. The molecule has 0 aromatic rings. The quantitative estimate of drug-likeness (QED) is 0.589. The van der Waals surface area contributed by atoms with Crippen molar-refractivity contribution in [2.75, 3.05) is 12.7 Å². The number of carboxylic acids is 1. The number of piperidine rings is 1. The van der Waals surface area contributed by atoms with E-state index in [1.807, 2.05) is 0 Å². The van der Waals surface area contributed by atoms with E-state index in [2.05, 4.69) is 0 Å². The number of amides is 1. The second-order valence-electron chi connectivity index (χ2n) is 3.76. The molecule has 0 unspecified atom stereocenters. The summed E-state index contributed by atoms with van der Waals surface area (Å²) in [5, 5.41) is 8.87. The van der Waals surface area contributed by atoms with E-state index in [9.17, 15) is 14.2 Å². The lowest BCUT2D eigenvalue weighted by molar-refractivity contribution is -0.151. The van der Waals surface area contributed by atoms with Gasteiger partial charge in [-0.05, 0) is 19.3 Å². The molecule has 0 aliphatic carbocycles. The highest BCUT2D eigenvalue weighted by Gasteiger charge is 2.34. The lowest BCUT2D eigenvalue weighted by Crippen LogP contribution is -2.48. The van der Waals surface area contributed by atoms with Gasteiger partial charge in [0.2, 0.25) is 5.91 Å². The highest BCUT2D eigenvalue weighted by molar-refractivity contribution is 7.52. The van der Waals surface area contributed by atoms with Gasteiger partial charge in [0.1, 0.15) is 12.2 Å². The zero-order valence-electron chi connectivity index (χ0n) is 8.57. The van der Waals surface area contributed by atoms with E-state index in [0.717, 1.165) is 4.90 Å². The van der Waals surface area contributed by atoms with Crippen LogP contribution in [0, 0.1) is 0 Å². The Hall–Kier alpha value is -0.910. The number of carbonyl (C=O) groups excluding carboxylic acids is 1. The summed E-state index contributed by atoms with van der Waals surface area (Å²) in [6.45, 7) is 0.246. The van der Waals surface area contributed by atoms with Crippen LogP contribution in [0.25, 0.3) is 0 Å². The molecular formula is C8H14NO6P. The average Bonchev–Trinajstić information content (AvgIpc) is 2.15. The first-order valence-electron chi connectivity index (χ1n) is 4.88. The SMILES string of the molecule is O=C(O)[C@@H]1CCCCN1C(=O)CP(=O)(O)O. The summed E-state index contributed by atoms with van der Waals surface area (Å²) >= 11 is 0. The van der Waals surface area contributed by atoms with E-state index in [0.29, 0.717) is 19.3 Å². The van der Waals surface area contributed by atoms with Crippen molar-refractivity contribution in [3.63, 3.8) is 0 Å². The molecule has 0 saturated carbocycles. The highest BCUT2D eigenvalue weighted by Crippen LogP contribution is 2.35. The highest BCUT2D eigenvalue weighted by atomic mass is 31.2. The van der Waals surface area contributed by atoms with Gasteiger partial charge in [0.25, 0.3) is 0 Å². The Morgan fingerprint density at radius 3 is 2.44 bits per heavy atom. The van der Waals surface area contributed by atoms with Crippen molar-refractivity contribution in [1.29, 1.82) is 0 Å². The molecule has 1 rings (SSSR count). The van der Waals surface area contributed by atoms with Crippen LogP contribution in [0.4, 0.5) is 0 Å². The van der Waals surface area contributed by atoms with Crippen molar-refractivity contribution < 1.29 is 29.0 Å². The van der Waals surface area contributed by atoms with Crippen LogP contribution in [-0.2, 0) is 14.2 Å². The zero-order chi connectivity index (χ0) is 12.3. The molecule has 7 nitrogen and oxygen atoms in total. The summed E-state index contributed by atoms with van der Waals surface area (Å²) in [7, 11) is -4.43. The summed E-state index contributed by atoms with van der Waals surface area (Å²) in [5.41, 5.74) is 0. The molecule has 1 fully saturated rings. The minimum absolute atomic E-state index is 0.246. The van der Waals surface area contributed by atoms with Gasteiger partial charge in [-0.15, -0.1) is 0 Å². The van der Waals surface area contributed by atoms with Crippen LogP contribution in [0.5, 0.6) is 0 Å². The van der Waals surface area contributed by atoms with Gasteiger partial charge >= 0.3 is 13.6 Å². The Bertz CT molecular complexity index is 337. The molecule has 1 atom stereocenters. The summed E-state index contributed by atoms with van der Waals surface area (Å²) in [4.78, 5) is 40.7. The largest absolute Gasteiger partial charge is 0.480 e. The topological polar surface area (TPSA) is 115 Å². The van der Waals surface area contributed by atoms with Gasteiger partial charge in [-0.25, -0.2) is 4.79 Å². The number of hydrogen-bond acceptors (Lipinski definition) is 3. The fourth-order valence-electron chi connectivity index (χ4n) is 1.75. The molecule has 1 aliphatic rings. The number of likely N-dealkylation sites (tertiary alicyclic amines) is 1.